The minimum atomic E-state index is 0.701. The summed E-state index contributed by atoms with van der Waals surface area (Å²) in [6, 6.07) is 10.5. The second kappa shape index (κ2) is 3.61. The third kappa shape index (κ3) is 1.89. The highest BCUT2D eigenvalue weighted by molar-refractivity contribution is 5.74. The van der Waals surface area contributed by atoms with Crippen molar-refractivity contribution in [1.29, 1.82) is 0 Å². The molecule has 1 aliphatic rings. The first kappa shape index (κ1) is 8.31. The quantitative estimate of drug-likeness (QED) is 0.603. The average Bonchev–Trinajstić information content (AvgIpc) is 2.20. The van der Waals surface area contributed by atoms with Crippen LogP contribution in [-0.2, 0) is 0 Å². The van der Waals surface area contributed by atoms with Crippen molar-refractivity contribution in [3.63, 3.8) is 0 Å². The zero-order valence-electron chi connectivity index (χ0n) is 7.90. The Kier molecular flexibility index (Phi) is 2.31. The Morgan fingerprint density at radius 2 is 1.92 bits per heavy atom. The van der Waals surface area contributed by atoms with Crippen molar-refractivity contribution in [2.75, 3.05) is 0 Å². The molecule has 0 aromatic heterocycles. The van der Waals surface area contributed by atoms with Crippen LogP contribution >= 0.6 is 0 Å². The second-order valence-electron chi connectivity index (χ2n) is 3.60. The highest BCUT2D eigenvalue weighted by atomic mass is 14.1. The molecule has 0 amide bonds. The first-order valence-electron chi connectivity index (χ1n) is 4.80. The molecule has 0 N–H and O–H groups in total. The van der Waals surface area contributed by atoms with Crippen LogP contribution in [0.1, 0.15) is 18.9 Å². The molecule has 0 saturated heterocycles. The monoisotopic (exact) mass is 170 g/mol. The molecule has 13 heavy (non-hydrogen) atoms. The lowest BCUT2D eigenvalue weighted by Crippen LogP contribution is -1.93. The predicted octanol–water partition coefficient (Wildman–Crippen LogP) is 3.67. The molecule has 0 radical (unpaired) electrons. The summed E-state index contributed by atoms with van der Waals surface area (Å²) in [4.78, 5) is 0. The molecule has 0 nitrogen and oxygen atoms in total. The van der Waals surface area contributed by atoms with Gasteiger partial charge >= 0.3 is 0 Å². The van der Waals surface area contributed by atoms with Crippen LogP contribution < -0.4 is 0 Å². The van der Waals surface area contributed by atoms with Gasteiger partial charge in [-0.25, -0.2) is 0 Å². The molecule has 1 aliphatic carbocycles. The van der Waals surface area contributed by atoms with E-state index in [1.807, 2.05) is 0 Å². The Bertz CT molecular complexity index is 330. The Morgan fingerprint density at radius 1 is 1.15 bits per heavy atom. The fourth-order valence-electron chi connectivity index (χ4n) is 1.57. The van der Waals surface area contributed by atoms with E-state index >= 15 is 0 Å². The van der Waals surface area contributed by atoms with E-state index in [-0.39, 0.29) is 0 Å². The van der Waals surface area contributed by atoms with E-state index in [0.717, 1.165) is 0 Å². The van der Waals surface area contributed by atoms with Gasteiger partial charge in [-0.15, -0.1) is 0 Å². The molecule has 0 bridgehead atoms. The highest BCUT2D eigenvalue weighted by Gasteiger charge is 2.04. The molecule has 1 aromatic carbocycles. The van der Waals surface area contributed by atoms with E-state index in [2.05, 4.69) is 55.5 Å². The lowest BCUT2D eigenvalue weighted by Gasteiger charge is -2.11. The van der Waals surface area contributed by atoms with Gasteiger partial charge in [0.1, 0.15) is 0 Å². The minimum Gasteiger partial charge on any atom is -0.0808 e. The molecule has 0 heterocycles. The summed E-state index contributed by atoms with van der Waals surface area (Å²) < 4.78 is 0. The maximum absolute atomic E-state index is 2.32. The number of benzene rings is 1. The van der Waals surface area contributed by atoms with E-state index in [4.69, 9.17) is 0 Å². The van der Waals surface area contributed by atoms with Gasteiger partial charge in [-0.1, -0.05) is 55.5 Å². The summed E-state index contributed by atoms with van der Waals surface area (Å²) in [6.07, 6.45) is 7.99. The number of hydrogen-bond acceptors (Lipinski definition) is 0. The van der Waals surface area contributed by atoms with Crippen LogP contribution in [0, 0.1) is 5.92 Å². The molecule has 0 fully saturated rings. The van der Waals surface area contributed by atoms with Crippen molar-refractivity contribution in [1.82, 2.24) is 0 Å². The first-order valence-corrected chi connectivity index (χ1v) is 4.80. The summed E-state index contributed by atoms with van der Waals surface area (Å²) in [5.74, 6) is 0.701. The van der Waals surface area contributed by atoms with E-state index in [9.17, 15) is 0 Å². The average molecular weight is 170 g/mol. The van der Waals surface area contributed by atoms with Gasteiger partial charge in [-0.2, -0.15) is 0 Å². The third-order valence-electron chi connectivity index (χ3n) is 2.42. The van der Waals surface area contributed by atoms with Gasteiger partial charge in [0.05, 0.1) is 0 Å². The Hall–Kier alpha value is -1.30. The molecule has 66 valence electrons. The van der Waals surface area contributed by atoms with Gasteiger partial charge in [0.15, 0.2) is 0 Å². The normalized spacial score (nSPS) is 21.3. The molecule has 1 unspecified atom stereocenters. The summed E-state index contributed by atoms with van der Waals surface area (Å²) in [6.45, 7) is 2.24. The van der Waals surface area contributed by atoms with E-state index in [0.29, 0.717) is 5.92 Å². The highest BCUT2D eigenvalue weighted by Crippen LogP contribution is 2.23. The van der Waals surface area contributed by atoms with Crippen molar-refractivity contribution in [2.45, 2.75) is 13.3 Å². The molecule has 0 aliphatic heterocycles. The number of rotatable bonds is 1. The van der Waals surface area contributed by atoms with Crippen molar-refractivity contribution >= 4 is 5.57 Å². The Labute approximate surface area is 79.6 Å². The van der Waals surface area contributed by atoms with Crippen LogP contribution in [0.25, 0.3) is 5.57 Å². The fraction of sp³-hybridized carbons (Fsp3) is 0.231. The third-order valence-corrected chi connectivity index (χ3v) is 2.42. The van der Waals surface area contributed by atoms with Crippen LogP contribution in [-0.4, -0.2) is 0 Å². The maximum Gasteiger partial charge on any atom is -0.0187 e. The molecular formula is C13H14. The topological polar surface area (TPSA) is 0 Å². The van der Waals surface area contributed by atoms with E-state index in [1.165, 1.54) is 17.6 Å². The van der Waals surface area contributed by atoms with Crippen molar-refractivity contribution in [3.05, 3.63) is 54.1 Å². The van der Waals surface area contributed by atoms with Gasteiger partial charge in [-0.05, 0) is 23.5 Å². The van der Waals surface area contributed by atoms with Crippen molar-refractivity contribution in [2.24, 2.45) is 5.92 Å². The van der Waals surface area contributed by atoms with Gasteiger partial charge < -0.3 is 0 Å². The molecule has 2 rings (SSSR count). The smallest absolute Gasteiger partial charge is 0.0187 e. The first-order chi connectivity index (χ1) is 6.36. The van der Waals surface area contributed by atoms with Gasteiger partial charge in [0.2, 0.25) is 0 Å². The van der Waals surface area contributed by atoms with Crippen LogP contribution in [0.2, 0.25) is 0 Å². The van der Waals surface area contributed by atoms with E-state index in [1.54, 1.807) is 0 Å². The zero-order chi connectivity index (χ0) is 9.10. The SMILES string of the molecule is CC1C=CC(c2ccccc2)=CC1. The summed E-state index contributed by atoms with van der Waals surface area (Å²) in [5, 5.41) is 0. The van der Waals surface area contributed by atoms with Crippen LogP contribution in [0.15, 0.2) is 48.6 Å². The van der Waals surface area contributed by atoms with Gasteiger partial charge in [-0.3, -0.25) is 0 Å². The van der Waals surface area contributed by atoms with E-state index < -0.39 is 0 Å². The molecule has 0 saturated carbocycles. The maximum atomic E-state index is 2.32. The Balaban J connectivity index is 2.25. The van der Waals surface area contributed by atoms with Crippen molar-refractivity contribution < 1.29 is 0 Å². The lowest BCUT2D eigenvalue weighted by atomic mass is 9.94. The molecule has 0 heteroatoms. The van der Waals surface area contributed by atoms with Gasteiger partial charge in [0, 0.05) is 0 Å². The molecular weight excluding hydrogens is 156 g/mol. The number of hydrogen-bond donors (Lipinski definition) is 0. The zero-order valence-corrected chi connectivity index (χ0v) is 7.90. The Morgan fingerprint density at radius 3 is 2.54 bits per heavy atom. The largest absolute Gasteiger partial charge is 0.0808 e. The molecule has 1 atom stereocenters. The summed E-state index contributed by atoms with van der Waals surface area (Å²) >= 11 is 0. The lowest BCUT2D eigenvalue weighted by molar-refractivity contribution is 0.739. The standard InChI is InChI=1S/C13H14/c1-11-7-9-13(10-8-11)12-5-3-2-4-6-12/h2-7,9-11H,8H2,1H3. The summed E-state index contributed by atoms with van der Waals surface area (Å²) in [5.41, 5.74) is 2.68. The fourth-order valence-corrected chi connectivity index (χ4v) is 1.57. The second-order valence-corrected chi connectivity index (χ2v) is 3.60. The minimum absolute atomic E-state index is 0.701. The van der Waals surface area contributed by atoms with Crippen LogP contribution in [0.5, 0.6) is 0 Å². The molecule has 1 aromatic rings. The van der Waals surface area contributed by atoms with Crippen LogP contribution in [0.3, 0.4) is 0 Å². The van der Waals surface area contributed by atoms with Gasteiger partial charge in [0.25, 0.3) is 0 Å². The molecule has 0 spiro atoms. The van der Waals surface area contributed by atoms with Crippen LogP contribution in [0.4, 0.5) is 0 Å². The predicted molar refractivity (Wildman–Crippen MR) is 57.3 cm³/mol. The van der Waals surface area contributed by atoms with Crippen molar-refractivity contribution in [3.8, 4) is 0 Å². The number of allylic oxidation sites excluding steroid dienone is 4. The summed E-state index contributed by atoms with van der Waals surface area (Å²) in [7, 11) is 0.